The molecule has 3 aromatic rings. The summed E-state index contributed by atoms with van der Waals surface area (Å²) in [5.74, 6) is 0.250. The number of hydrogen-bond acceptors (Lipinski definition) is 6. The van der Waals surface area contributed by atoms with Gasteiger partial charge in [0.1, 0.15) is 5.52 Å². The van der Waals surface area contributed by atoms with Crippen molar-refractivity contribution in [2.75, 3.05) is 5.73 Å². The zero-order chi connectivity index (χ0) is 13.8. The highest BCUT2D eigenvalue weighted by Crippen LogP contribution is 2.03. The molecule has 98 valence electrons. The van der Waals surface area contributed by atoms with Gasteiger partial charge in [-0.2, -0.15) is 4.98 Å². The number of fused-ring (bicyclic) bond motifs is 1. The lowest BCUT2D eigenvalue weighted by Crippen LogP contribution is -2.22. The first-order chi connectivity index (χ1) is 9.06. The van der Waals surface area contributed by atoms with E-state index < -0.39 is 5.69 Å². The van der Waals surface area contributed by atoms with Crippen molar-refractivity contribution in [2.45, 2.75) is 6.92 Å². The molecule has 0 fully saturated rings. The smallest absolute Gasteiger partial charge is 0.325 e. The normalized spacial score (nSPS) is 9.95. The van der Waals surface area contributed by atoms with Crippen LogP contribution in [0.5, 0.6) is 0 Å². The van der Waals surface area contributed by atoms with Crippen molar-refractivity contribution in [2.24, 2.45) is 0 Å². The Morgan fingerprint density at radius 3 is 2.68 bits per heavy atom. The molecule has 0 aliphatic carbocycles. The molecular formula is C10H11N7O2. The van der Waals surface area contributed by atoms with Crippen molar-refractivity contribution >= 4 is 17.1 Å². The molecule has 0 saturated heterocycles. The third-order valence-corrected chi connectivity index (χ3v) is 2.20. The maximum atomic E-state index is 10.6. The van der Waals surface area contributed by atoms with Crippen LogP contribution in [0.25, 0.3) is 11.2 Å². The molecule has 0 aliphatic heterocycles. The minimum Gasteiger partial charge on any atom is -0.368 e. The van der Waals surface area contributed by atoms with Crippen LogP contribution in [0.15, 0.2) is 28.3 Å². The van der Waals surface area contributed by atoms with Crippen molar-refractivity contribution in [3.63, 3.8) is 0 Å². The lowest BCUT2D eigenvalue weighted by atomic mass is 10.4. The number of rotatable bonds is 0. The van der Waals surface area contributed by atoms with E-state index in [9.17, 15) is 9.59 Å². The number of nitrogens with one attached hydrogen (secondary N) is 3. The molecule has 9 nitrogen and oxygen atoms in total. The Bertz CT molecular complexity index is 801. The minimum absolute atomic E-state index is 0.250. The first-order valence-electron chi connectivity index (χ1n) is 5.26. The summed E-state index contributed by atoms with van der Waals surface area (Å²) < 4.78 is 0. The average Bonchev–Trinajstić information content (AvgIpc) is 2.82. The number of aromatic amines is 3. The second-order valence-corrected chi connectivity index (χ2v) is 3.62. The molecule has 9 heteroatoms. The van der Waals surface area contributed by atoms with E-state index >= 15 is 0 Å². The Morgan fingerprint density at radius 2 is 2.00 bits per heavy atom. The second-order valence-electron chi connectivity index (χ2n) is 3.62. The van der Waals surface area contributed by atoms with Crippen LogP contribution in [-0.4, -0.2) is 29.9 Å². The lowest BCUT2D eigenvalue weighted by Gasteiger charge is -1.87. The van der Waals surface area contributed by atoms with Crippen LogP contribution in [0.3, 0.4) is 0 Å². The van der Waals surface area contributed by atoms with Crippen LogP contribution in [0.4, 0.5) is 5.95 Å². The molecule has 0 bridgehead atoms. The Balaban J connectivity index is 0.000000141. The minimum atomic E-state index is -0.467. The van der Waals surface area contributed by atoms with Crippen molar-refractivity contribution < 1.29 is 0 Å². The molecule has 0 atom stereocenters. The Kier molecular flexibility index (Phi) is 3.37. The summed E-state index contributed by atoms with van der Waals surface area (Å²) in [6, 6.07) is 0. The van der Waals surface area contributed by atoms with Gasteiger partial charge in [-0.3, -0.25) is 9.78 Å². The highest BCUT2D eigenvalue weighted by molar-refractivity contribution is 5.69. The van der Waals surface area contributed by atoms with Crippen LogP contribution in [-0.2, 0) is 0 Å². The number of nitrogens with two attached hydrogens (primary N) is 1. The number of nitrogens with zero attached hydrogens (tertiary/aromatic N) is 3. The van der Waals surface area contributed by atoms with Crippen LogP contribution in [0.2, 0.25) is 0 Å². The van der Waals surface area contributed by atoms with Crippen LogP contribution in [0, 0.1) is 6.92 Å². The monoisotopic (exact) mass is 261 g/mol. The zero-order valence-electron chi connectivity index (χ0n) is 9.97. The van der Waals surface area contributed by atoms with Crippen molar-refractivity contribution in [1.29, 1.82) is 0 Å². The first-order valence-corrected chi connectivity index (χ1v) is 5.26. The Labute approximate surface area is 106 Å². The maximum Gasteiger partial charge on any atom is 0.325 e. The Hall–Kier alpha value is -2.97. The summed E-state index contributed by atoms with van der Waals surface area (Å²) in [5, 5.41) is 0. The van der Waals surface area contributed by atoms with Crippen LogP contribution >= 0.6 is 0 Å². The SMILES string of the molecule is Cc1c[nH]c(=O)[nH]c1=O.Nc1ncc2[nH]cnc2n1. The van der Waals surface area contributed by atoms with E-state index in [1.807, 2.05) is 0 Å². The highest BCUT2D eigenvalue weighted by Gasteiger charge is 1.96. The fraction of sp³-hybridized carbons (Fsp3) is 0.100. The van der Waals surface area contributed by atoms with E-state index in [1.54, 1.807) is 19.4 Å². The molecule has 0 amide bonds. The van der Waals surface area contributed by atoms with Crippen LogP contribution in [0.1, 0.15) is 5.56 Å². The predicted octanol–water partition coefficient (Wildman–Crippen LogP) is -0.693. The lowest BCUT2D eigenvalue weighted by molar-refractivity contribution is 1.01. The number of hydrogen-bond donors (Lipinski definition) is 4. The van der Waals surface area contributed by atoms with Gasteiger partial charge in [0.05, 0.1) is 12.5 Å². The quantitative estimate of drug-likeness (QED) is 0.421. The summed E-state index contributed by atoms with van der Waals surface area (Å²) >= 11 is 0. The second kappa shape index (κ2) is 5.12. The molecule has 0 saturated carbocycles. The van der Waals surface area contributed by atoms with E-state index in [-0.39, 0.29) is 11.5 Å². The van der Waals surface area contributed by atoms with Gasteiger partial charge in [0.15, 0.2) is 5.65 Å². The average molecular weight is 261 g/mol. The number of aryl methyl sites for hydroxylation is 1. The van der Waals surface area contributed by atoms with Gasteiger partial charge in [0.2, 0.25) is 5.95 Å². The molecule has 19 heavy (non-hydrogen) atoms. The topological polar surface area (TPSA) is 146 Å². The molecule has 3 aromatic heterocycles. The number of H-pyrrole nitrogens is 3. The maximum absolute atomic E-state index is 10.6. The van der Waals surface area contributed by atoms with Gasteiger partial charge in [-0.1, -0.05) is 0 Å². The van der Waals surface area contributed by atoms with Gasteiger partial charge >= 0.3 is 5.69 Å². The molecule has 0 aliphatic rings. The molecule has 0 spiro atoms. The van der Waals surface area contributed by atoms with E-state index in [1.165, 1.54) is 6.20 Å². The summed E-state index contributed by atoms with van der Waals surface area (Å²) in [5.41, 5.74) is 6.42. The molecule has 3 rings (SSSR count). The van der Waals surface area contributed by atoms with Gasteiger partial charge in [0.25, 0.3) is 5.56 Å². The van der Waals surface area contributed by atoms with E-state index in [0.29, 0.717) is 11.2 Å². The van der Waals surface area contributed by atoms with E-state index in [0.717, 1.165) is 5.52 Å². The Morgan fingerprint density at radius 1 is 1.21 bits per heavy atom. The van der Waals surface area contributed by atoms with Gasteiger partial charge in [-0.15, -0.1) is 0 Å². The third kappa shape index (κ3) is 3.03. The van der Waals surface area contributed by atoms with Crippen LogP contribution < -0.4 is 17.0 Å². The van der Waals surface area contributed by atoms with E-state index in [2.05, 4.69) is 29.9 Å². The van der Waals surface area contributed by atoms with Gasteiger partial charge in [0, 0.05) is 11.8 Å². The third-order valence-electron chi connectivity index (χ3n) is 2.20. The van der Waals surface area contributed by atoms with E-state index in [4.69, 9.17) is 5.73 Å². The van der Waals surface area contributed by atoms with Gasteiger partial charge in [-0.05, 0) is 6.92 Å². The number of nitrogen functional groups attached to an aromatic ring is 1. The number of imidazole rings is 1. The molecule has 3 heterocycles. The van der Waals surface area contributed by atoms with Crippen molar-refractivity contribution in [1.82, 2.24) is 29.9 Å². The summed E-state index contributed by atoms with van der Waals surface area (Å²) in [7, 11) is 0. The highest BCUT2D eigenvalue weighted by atomic mass is 16.2. The summed E-state index contributed by atoms with van der Waals surface area (Å²) in [6.45, 7) is 1.62. The molecule has 0 unspecified atom stereocenters. The van der Waals surface area contributed by atoms with Crippen molar-refractivity contribution in [3.05, 3.63) is 45.1 Å². The standard InChI is InChI=1S/C5H5N5.C5H6N2O2/c6-5-7-1-3-4(10-5)9-2-8-3;1-3-2-6-5(9)7-4(3)8/h1-2H,(H3,6,7,8,9,10);2H,1H3,(H2,6,7,8,9). The fourth-order valence-corrected chi connectivity index (χ4v) is 1.23. The summed E-state index contributed by atoms with van der Waals surface area (Å²) in [4.78, 5) is 39.7. The fourth-order valence-electron chi connectivity index (χ4n) is 1.23. The largest absolute Gasteiger partial charge is 0.368 e. The number of aromatic nitrogens is 6. The molecule has 5 N–H and O–H groups in total. The van der Waals surface area contributed by atoms with Gasteiger partial charge in [-0.25, -0.2) is 14.8 Å². The van der Waals surface area contributed by atoms with Crippen molar-refractivity contribution in [3.8, 4) is 0 Å². The molecular weight excluding hydrogens is 250 g/mol. The predicted molar refractivity (Wildman–Crippen MR) is 68.5 cm³/mol. The molecule has 0 aromatic carbocycles. The van der Waals surface area contributed by atoms with Gasteiger partial charge < -0.3 is 15.7 Å². The molecule has 0 radical (unpaired) electrons. The summed E-state index contributed by atoms with van der Waals surface area (Å²) in [6.07, 6.45) is 4.53. The zero-order valence-corrected chi connectivity index (χ0v) is 9.97. The first kappa shape index (κ1) is 12.5. The number of anilines is 1.